The number of halogens is 4. The zero-order valence-corrected chi connectivity index (χ0v) is 16.6. The number of hydrogen-bond donors (Lipinski definition) is 2. The summed E-state index contributed by atoms with van der Waals surface area (Å²) in [6.07, 6.45) is 1.28. The van der Waals surface area contributed by atoms with Gasteiger partial charge in [0.2, 0.25) is 5.88 Å². The van der Waals surface area contributed by atoms with Crippen LogP contribution in [-0.2, 0) is 6.61 Å². The van der Waals surface area contributed by atoms with Crippen LogP contribution in [0.3, 0.4) is 0 Å². The van der Waals surface area contributed by atoms with Gasteiger partial charge >= 0.3 is 6.03 Å². The van der Waals surface area contributed by atoms with E-state index in [1.54, 1.807) is 18.2 Å². The molecule has 2 N–H and O–H groups in total. The maximum Gasteiger partial charge on any atom is 0.326 e. The van der Waals surface area contributed by atoms with Crippen molar-refractivity contribution in [3.05, 3.63) is 87.5 Å². The predicted octanol–water partition coefficient (Wildman–Crippen LogP) is 5.21. The van der Waals surface area contributed by atoms with Gasteiger partial charge in [0.15, 0.2) is 0 Å². The minimum atomic E-state index is -1.21. The first kappa shape index (κ1) is 21.5. The normalized spacial score (nSPS) is 10.4. The number of carbonyl (C=O) groups is 2. The molecule has 30 heavy (non-hydrogen) atoms. The Morgan fingerprint density at radius 1 is 1.03 bits per heavy atom. The van der Waals surface area contributed by atoms with Gasteiger partial charge in [0.05, 0.1) is 11.9 Å². The standard InChI is InChI=1S/C20H13Cl2F2N3O3/c21-12-5-4-11(14(22)8-12)10-30-17-7-6-13(9-25-17)26-20(29)27-19(28)18-15(23)2-1-3-16(18)24/h1-9H,10H2,(H2,26,27,28,29). The van der Waals surface area contributed by atoms with Crippen LogP contribution in [0, 0.1) is 11.6 Å². The Balaban J connectivity index is 1.56. The topological polar surface area (TPSA) is 80.3 Å². The van der Waals surface area contributed by atoms with Crippen LogP contribution < -0.4 is 15.4 Å². The molecule has 0 bridgehead atoms. The molecule has 0 saturated heterocycles. The Morgan fingerprint density at radius 3 is 2.40 bits per heavy atom. The lowest BCUT2D eigenvalue weighted by atomic mass is 10.2. The number of carbonyl (C=O) groups excluding carboxylic acids is 2. The van der Waals surface area contributed by atoms with E-state index in [0.29, 0.717) is 15.6 Å². The van der Waals surface area contributed by atoms with E-state index < -0.39 is 29.1 Å². The number of urea groups is 1. The van der Waals surface area contributed by atoms with Gasteiger partial charge in [0.1, 0.15) is 23.8 Å². The molecule has 0 spiro atoms. The lowest BCUT2D eigenvalue weighted by molar-refractivity contribution is 0.0959. The molecule has 0 aliphatic rings. The largest absolute Gasteiger partial charge is 0.473 e. The minimum absolute atomic E-state index is 0.152. The highest BCUT2D eigenvalue weighted by molar-refractivity contribution is 6.35. The highest BCUT2D eigenvalue weighted by atomic mass is 35.5. The molecule has 3 aromatic rings. The highest BCUT2D eigenvalue weighted by Crippen LogP contribution is 2.22. The lowest BCUT2D eigenvalue weighted by Gasteiger charge is -2.09. The van der Waals surface area contributed by atoms with E-state index in [2.05, 4.69) is 10.3 Å². The van der Waals surface area contributed by atoms with Gasteiger partial charge in [-0.15, -0.1) is 0 Å². The van der Waals surface area contributed by atoms with Gasteiger partial charge in [-0.25, -0.2) is 18.6 Å². The first-order valence-electron chi connectivity index (χ1n) is 8.42. The van der Waals surface area contributed by atoms with Crippen LogP contribution in [0.25, 0.3) is 0 Å². The fraction of sp³-hybridized carbons (Fsp3) is 0.0500. The van der Waals surface area contributed by atoms with Gasteiger partial charge in [-0.05, 0) is 30.3 Å². The molecule has 3 rings (SSSR count). The monoisotopic (exact) mass is 451 g/mol. The molecular formula is C20H13Cl2F2N3O3. The molecule has 1 aromatic heterocycles. The van der Waals surface area contributed by atoms with Crippen LogP contribution >= 0.6 is 23.2 Å². The summed E-state index contributed by atoms with van der Waals surface area (Å²) in [7, 11) is 0. The third-order valence-corrected chi connectivity index (χ3v) is 4.39. The number of hydrogen-bond acceptors (Lipinski definition) is 4. The molecule has 154 valence electrons. The number of pyridine rings is 1. The summed E-state index contributed by atoms with van der Waals surface area (Å²) < 4.78 is 32.7. The fourth-order valence-corrected chi connectivity index (χ4v) is 2.84. The first-order valence-corrected chi connectivity index (χ1v) is 9.18. The summed E-state index contributed by atoms with van der Waals surface area (Å²) in [6.45, 7) is 0.152. The van der Waals surface area contributed by atoms with Crippen LogP contribution in [0.5, 0.6) is 5.88 Å². The van der Waals surface area contributed by atoms with Gasteiger partial charge < -0.3 is 10.1 Å². The number of amides is 3. The quantitative estimate of drug-likeness (QED) is 0.557. The van der Waals surface area contributed by atoms with Crippen molar-refractivity contribution in [3.63, 3.8) is 0 Å². The number of imide groups is 1. The first-order chi connectivity index (χ1) is 14.3. The molecule has 0 atom stereocenters. The summed E-state index contributed by atoms with van der Waals surface area (Å²) in [5, 5.41) is 5.13. The second-order valence-corrected chi connectivity index (χ2v) is 6.76. The molecule has 0 aliphatic carbocycles. The third kappa shape index (κ3) is 5.43. The lowest BCUT2D eigenvalue weighted by Crippen LogP contribution is -2.35. The maximum atomic E-state index is 13.6. The molecule has 0 fully saturated rings. The zero-order valence-electron chi connectivity index (χ0n) is 15.1. The van der Waals surface area contributed by atoms with Crippen molar-refractivity contribution in [2.45, 2.75) is 6.61 Å². The maximum absolute atomic E-state index is 13.6. The van der Waals surface area contributed by atoms with E-state index in [4.69, 9.17) is 27.9 Å². The average Bonchev–Trinajstić information content (AvgIpc) is 2.68. The SMILES string of the molecule is O=C(NC(=O)c1c(F)cccc1F)Nc1ccc(OCc2ccc(Cl)cc2Cl)nc1. The van der Waals surface area contributed by atoms with Crippen LogP contribution in [-0.4, -0.2) is 16.9 Å². The summed E-state index contributed by atoms with van der Waals surface area (Å²) in [4.78, 5) is 27.8. The van der Waals surface area contributed by atoms with Gasteiger partial charge in [-0.2, -0.15) is 0 Å². The molecule has 0 aliphatic heterocycles. The molecule has 0 unspecified atom stereocenters. The molecule has 2 aromatic carbocycles. The van der Waals surface area contributed by atoms with Crippen LogP contribution in [0.1, 0.15) is 15.9 Å². The van der Waals surface area contributed by atoms with Crippen LogP contribution in [0.4, 0.5) is 19.3 Å². The van der Waals surface area contributed by atoms with Gasteiger partial charge in [0.25, 0.3) is 5.91 Å². The Morgan fingerprint density at radius 2 is 1.77 bits per heavy atom. The number of nitrogens with zero attached hydrogens (tertiary/aromatic N) is 1. The summed E-state index contributed by atoms with van der Waals surface area (Å²) in [6, 6.07) is 9.90. The summed E-state index contributed by atoms with van der Waals surface area (Å²) in [5.74, 6) is -3.11. The second kappa shape index (κ2) is 9.51. The second-order valence-electron chi connectivity index (χ2n) is 5.91. The van der Waals surface area contributed by atoms with E-state index in [0.717, 1.165) is 18.2 Å². The van der Waals surface area contributed by atoms with E-state index in [-0.39, 0.29) is 18.2 Å². The Kier molecular flexibility index (Phi) is 6.81. The molecule has 0 radical (unpaired) electrons. The fourth-order valence-electron chi connectivity index (χ4n) is 2.37. The third-order valence-electron chi connectivity index (χ3n) is 3.80. The summed E-state index contributed by atoms with van der Waals surface area (Å²) in [5.41, 5.74) is 0.0879. The Labute approximate surface area is 179 Å². The van der Waals surface area contributed by atoms with Crippen molar-refractivity contribution in [1.29, 1.82) is 0 Å². The Bertz CT molecular complexity index is 1070. The smallest absolute Gasteiger partial charge is 0.326 e. The van der Waals surface area contributed by atoms with Crippen molar-refractivity contribution in [2.24, 2.45) is 0 Å². The number of rotatable bonds is 5. The van der Waals surface area contributed by atoms with E-state index >= 15 is 0 Å². The van der Waals surface area contributed by atoms with Crippen molar-refractivity contribution < 1.29 is 23.1 Å². The van der Waals surface area contributed by atoms with Gasteiger partial charge in [-0.1, -0.05) is 35.3 Å². The number of aromatic nitrogens is 1. The molecule has 0 saturated carbocycles. The number of ether oxygens (including phenoxy) is 1. The van der Waals surface area contributed by atoms with E-state index in [1.165, 1.54) is 18.3 Å². The summed E-state index contributed by atoms with van der Waals surface area (Å²) >= 11 is 11.9. The zero-order chi connectivity index (χ0) is 21.7. The van der Waals surface area contributed by atoms with E-state index in [1.807, 2.05) is 5.32 Å². The number of anilines is 1. The molecule has 3 amide bonds. The Hall–Kier alpha value is -3.23. The van der Waals surface area contributed by atoms with E-state index in [9.17, 15) is 18.4 Å². The van der Waals surface area contributed by atoms with Crippen molar-refractivity contribution in [3.8, 4) is 5.88 Å². The minimum Gasteiger partial charge on any atom is -0.473 e. The molecule has 1 heterocycles. The highest BCUT2D eigenvalue weighted by Gasteiger charge is 2.19. The van der Waals surface area contributed by atoms with Gasteiger partial charge in [-0.3, -0.25) is 10.1 Å². The van der Waals surface area contributed by atoms with Crippen molar-refractivity contribution >= 4 is 40.8 Å². The molecular weight excluding hydrogens is 439 g/mol. The average molecular weight is 452 g/mol. The van der Waals surface area contributed by atoms with Crippen molar-refractivity contribution in [1.82, 2.24) is 10.3 Å². The van der Waals surface area contributed by atoms with Crippen molar-refractivity contribution in [2.75, 3.05) is 5.32 Å². The number of benzene rings is 2. The number of nitrogens with one attached hydrogen (secondary N) is 2. The van der Waals surface area contributed by atoms with Gasteiger partial charge in [0, 0.05) is 21.7 Å². The van der Waals surface area contributed by atoms with Crippen LogP contribution in [0.2, 0.25) is 10.0 Å². The molecule has 10 heteroatoms. The predicted molar refractivity (Wildman–Crippen MR) is 108 cm³/mol. The molecule has 6 nitrogen and oxygen atoms in total. The van der Waals surface area contributed by atoms with Crippen LogP contribution in [0.15, 0.2) is 54.7 Å².